The quantitative estimate of drug-likeness (QED) is 0.689. The molecule has 0 aliphatic heterocycles. The average Bonchev–Trinajstić information content (AvgIpc) is 2.47. The lowest BCUT2D eigenvalue weighted by molar-refractivity contribution is 0.399. The predicted octanol–water partition coefficient (Wildman–Crippen LogP) is 2.32. The zero-order valence-corrected chi connectivity index (χ0v) is 8.86. The molecule has 0 unspecified atom stereocenters. The third-order valence-corrected chi connectivity index (χ3v) is 2.07. The second kappa shape index (κ2) is 3.08. The van der Waals surface area contributed by atoms with Crippen LogP contribution in [0.3, 0.4) is 0 Å². The largest absolute Gasteiger partial charge is 0.286 e. The summed E-state index contributed by atoms with van der Waals surface area (Å²) in [5, 5.41) is 8.31. The Labute approximate surface area is 83.8 Å². The molecule has 2 aromatic heterocycles. The molecule has 0 spiro atoms. The Morgan fingerprint density at radius 1 is 1.21 bits per heavy atom. The molecule has 0 atom stereocenters. The number of hydrogen-bond acceptors (Lipinski definition) is 2. The minimum Gasteiger partial charge on any atom is -0.286 e. The van der Waals surface area contributed by atoms with E-state index in [4.69, 9.17) is 0 Å². The number of rotatable bonds is 1. The second-order valence-corrected chi connectivity index (χ2v) is 4.78. The highest BCUT2D eigenvalue weighted by molar-refractivity contribution is 5.37. The number of fused-ring (bicyclic) bond motifs is 1. The normalized spacial score (nSPS) is 12.2. The van der Waals surface area contributed by atoms with Crippen molar-refractivity contribution in [1.82, 2.24) is 14.6 Å². The molecule has 3 nitrogen and oxygen atoms in total. The summed E-state index contributed by atoms with van der Waals surface area (Å²) in [6, 6.07) is 5.95. The molecule has 0 fully saturated rings. The number of hydrogen-bond donors (Lipinski definition) is 0. The summed E-state index contributed by atoms with van der Waals surface area (Å²) in [4.78, 5) is 0. The maximum absolute atomic E-state index is 4.19. The van der Waals surface area contributed by atoms with Gasteiger partial charge in [0.2, 0.25) is 0 Å². The van der Waals surface area contributed by atoms with E-state index < -0.39 is 0 Å². The minimum absolute atomic E-state index is 0.249. The topological polar surface area (TPSA) is 30.2 Å². The molecule has 0 radical (unpaired) electrons. The van der Waals surface area contributed by atoms with Gasteiger partial charge in [-0.2, -0.15) is 0 Å². The molecule has 0 saturated carbocycles. The third-order valence-electron chi connectivity index (χ3n) is 2.07. The predicted molar refractivity (Wildman–Crippen MR) is 56.1 cm³/mol. The van der Waals surface area contributed by atoms with Crippen LogP contribution in [0.15, 0.2) is 24.4 Å². The maximum Gasteiger partial charge on any atom is 0.160 e. The SMILES string of the molecule is CC(C)(C)Cc1nnc2ccccn12. The lowest BCUT2D eigenvalue weighted by Gasteiger charge is -2.16. The zero-order chi connectivity index (χ0) is 10.2. The fourth-order valence-electron chi connectivity index (χ4n) is 1.49. The van der Waals surface area contributed by atoms with E-state index in [0.29, 0.717) is 0 Å². The smallest absolute Gasteiger partial charge is 0.160 e. The van der Waals surface area contributed by atoms with E-state index in [9.17, 15) is 0 Å². The van der Waals surface area contributed by atoms with E-state index >= 15 is 0 Å². The zero-order valence-electron chi connectivity index (χ0n) is 8.86. The Hall–Kier alpha value is -1.38. The van der Waals surface area contributed by atoms with Crippen LogP contribution in [-0.2, 0) is 6.42 Å². The monoisotopic (exact) mass is 189 g/mol. The van der Waals surface area contributed by atoms with E-state index in [1.54, 1.807) is 0 Å². The van der Waals surface area contributed by atoms with Crippen LogP contribution in [0.4, 0.5) is 0 Å². The van der Waals surface area contributed by atoms with Gasteiger partial charge in [-0.3, -0.25) is 4.40 Å². The van der Waals surface area contributed by atoms with Crippen LogP contribution in [0.25, 0.3) is 5.65 Å². The Kier molecular flexibility index (Phi) is 2.02. The second-order valence-electron chi connectivity index (χ2n) is 4.78. The molecule has 14 heavy (non-hydrogen) atoms. The van der Waals surface area contributed by atoms with E-state index in [1.807, 2.05) is 28.8 Å². The first-order valence-corrected chi connectivity index (χ1v) is 4.85. The van der Waals surface area contributed by atoms with Gasteiger partial charge in [0.1, 0.15) is 5.82 Å². The molecule has 2 rings (SSSR count). The summed E-state index contributed by atoms with van der Waals surface area (Å²) in [5.41, 5.74) is 1.17. The van der Waals surface area contributed by atoms with Crippen LogP contribution in [0, 0.1) is 5.41 Å². The van der Waals surface area contributed by atoms with E-state index in [0.717, 1.165) is 17.9 Å². The van der Waals surface area contributed by atoms with Gasteiger partial charge in [0.05, 0.1) is 0 Å². The summed E-state index contributed by atoms with van der Waals surface area (Å²) in [5.74, 6) is 1.04. The summed E-state index contributed by atoms with van der Waals surface area (Å²) in [6.45, 7) is 6.62. The Morgan fingerprint density at radius 3 is 2.71 bits per heavy atom. The van der Waals surface area contributed by atoms with Gasteiger partial charge in [-0.15, -0.1) is 10.2 Å². The van der Waals surface area contributed by atoms with Gasteiger partial charge in [0.25, 0.3) is 0 Å². The van der Waals surface area contributed by atoms with Gasteiger partial charge < -0.3 is 0 Å². The first-order valence-electron chi connectivity index (χ1n) is 4.85. The van der Waals surface area contributed by atoms with Crippen molar-refractivity contribution in [1.29, 1.82) is 0 Å². The van der Waals surface area contributed by atoms with Gasteiger partial charge >= 0.3 is 0 Å². The van der Waals surface area contributed by atoms with Crippen LogP contribution in [0.5, 0.6) is 0 Å². The fraction of sp³-hybridized carbons (Fsp3) is 0.455. The summed E-state index contributed by atoms with van der Waals surface area (Å²) in [7, 11) is 0. The highest BCUT2D eigenvalue weighted by atomic mass is 15.2. The van der Waals surface area contributed by atoms with Gasteiger partial charge in [-0.25, -0.2) is 0 Å². The van der Waals surface area contributed by atoms with Gasteiger partial charge in [0, 0.05) is 12.6 Å². The molecule has 3 heteroatoms. The molecule has 0 aliphatic rings. The molecule has 74 valence electrons. The Balaban J connectivity index is 2.44. The van der Waals surface area contributed by atoms with Crippen LogP contribution in [0.1, 0.15) is 26.6 Å². The van der Waals surface area contributed by atoms with Crippen molar-refractivity contribution in [2.75, 3.05) is 0 Å². The molecule has 0 saturated heterocycles. The molecule has 0 bridgehead atoms. The average molecular weight is 189 g/mol. The Bertz CT molecular complexity index is 437. The van der Waals surface area contributed by atoms with Crippen molar-refractivity contribution in [2.45, 2.75) is 27.2 Å². The van der Waals surface area contributed by atoms with Crippen LogP contribution in [0.2, 0.25) is 0 Å². The fourth-order valence-corrected chi connectivity index (χ4v) is 1.49. The van der Waals surface area contributed by atoms with E-state index in [1.165, 1.54) is 0 Å². The third kappa shape index (κ3) is 1.76. The minimum atomic E-state index is 0.249. The first kappa shape index (κ1) is 9.19. The lowest BCUT2D eigenvalue weighted by atomic mass is 9.92. The maximum atomic E-state index is 4.19. The van der Waals surface area contributed by atoms with Crippen molar-refractivity contribution < 1.29 is 0 Å². The molecule has 2 heterocycles. The van der Waals surface area contributed by atoms with E-state index in [2.05, 4.69) is 31.0 Å². The Morgan fingerprint density at radius 2 is 2.00 bits per heavy atom. The molecular formula is C11H15N3. The molecule has 0 aromatic carbocycles. The van der Waals surface area contributed by atoms with Crippen molar-refractivity contribution in [3.05, 3.63) is 30.2 Å². The molecule has 0 N–H and O–H groups in total. The van der Waals surface area contributed by atoms with Crippen molar-refractivity contribution in [3.8, 4) is 0 Å². The highest BCUT2D eigenvalue weighted by Gasteiger charge is 2.15. The lowest BCUT2D eigenvalue weighted by Crippen LogP contribution is -2.11. The standard InChI is InChI=1S/C11H15N3/c1-11(2,3)8-10-13-12-9-6-4-5-7-14(9)10/h4-7H,8H2,1-3H3. The van der Waals surface area contributed by atoms with Gasteiger partial charge in [-0.05, 0) is 17.5 Å². The number of aromatic nitrogens is 3. The molecule has 2 aromatic rings. The van der Waals surface area contributed by atoms with Gasteiger partial charge in [0.15, 0.2) is 5.65 Å². The van der Waals surface area contributed by atoms with Crippen molar-refractivity contribution in [2.24, 2.45) is 5.41 Å². The van der Waals surface area contributed by atoms with Crippen molar-refractivity contribution >= 4 is 5.65 Å². The summed E-state index contributed by atoms with van der Waals surface area (Å²) < 4.78 is 2.05. The molecule has 0 amide bonds. The van der Waals surface area contributed by atoms with Crippen LogP contribution < -0.4 is 0 Å². The highest BCUT2D eigenvalue weighted by Crippen LogP contribution is 2.19. The molecular weight excluding hydrogens is 174 g/mol. The first-order chi connectivity index (χ1) is 6.56. The summed E-state index contributed by atoms with van der Waals surface area (Å²) >= 11 is 0. The molecule has 0 aliphatic carbocycles. The number of pyridine rings is 1. The van der Waals surface area contributed by atoms with Crippen LogP contribution in [-0.4, -0.2) is 14.6 Å². The number of nitrogens with zero attached hydrogens (tertiary/aromatic N) is 3. The van der Waals surface area contributed by atoms with Gasteiger partial charge in [-0.1, -0.05) is 26.8 Å². The van der Waals surface area contributed by atoms with E-state index in [-0.39, 0.29) is 5.41 Å². The van der Waals surface area contributed by atoms with Crippen LogP contribution >= 0.6 is 0 Å². The van der Waals surface area contributed by atoms with Crippen molar-refractivity contribution in [3.63, 3.8) is 0 Å². The summed E-state index contributed by atoms with van der Waals surface area (Å²) in [6.07, 6.45) is 2.95.